The van der Waals surface area contributed by atoms with E-state index >= 15 is 0 Å². The molecule has 6 rings (SSSR count). The van der Waals surface area contributed by atoms with Crippen LogP contribution in [0.2, 0.25) is 0 Å². The molecule has 2 heteroatoms. The minimum absolute atomic E-state index is 0.0259. The molecule has 0 heterocycles. The van der Waals surface area contributed by atoms with Gasteiger partial charge in [-0.15, -0.1) is 0 Å². The highest BCUT2D eigenvalue weighted by Gasteiger charge is 2.42. The molecule has 2 bridgehead atoms. The van der Waals surface area contributed by atoms with Gasteiger partial charge in [-0.2, -0.15) is 0 Å². The number of carbonyl (C=O) groups excluding carboxylic acids is 1. The van der Waals surface area contributed by atoms with E-state index in [1.54, 1.807) is 0 Å². The first-order valence-electron chi connectivity index (χ1n) is 9.75. The number of nitrogens with one attached hydrogen (secondary N) is 1. The molecule has 1 amide bonds. The van der Waals surface area contributed by atoms with Crippen molar-refractivity contribution in [3.8, 4) is 0 Å². The van der Waals surface area contributed by atoms with Gasteiger partial charge in [-0.1, -0.05) is 66.2 Å². The molecule has 27 heavy (non-hydrogen) atoms. The minimum Gasteiger partial charge on any atom is -0.352 e. The predicted molar refractivity (Wildman–Crippen MR) is 108 cm³/mol. The maximum absolute atomic E-state index is 12.6. The van der Waals surface area contributed by atoms with Crippen molar-refractivity contribution in [1.29, 1.82) is 0 Å². The molecule has 0 fully saturated rings. The van der Waals surface area contributed by atoms with Crippen LogP contribution in [-0.2, 0) is 0 Å². The van der Waals surface area contributed by atoms with Crippen molar-refractivity contribution in [2.24, 2.45) is 5.92 Å². The van der Waals surface area contributed by atoms with Gasteiger partial charge in [0.05, 0.1) is 0 Å². The largest absolute Gasteiger partial charge is 0.352 e. The lowest BCUT2D eigenvalue weighted by Gasteiger charge is -2.45. The number of benzene rings is 3. The van der Waals surface area contributed by atoms with Gasteiger partial charge in [0.2, 0.25) is 0 Å². The number of hydrogen-bond donors (Lipinski definition) is 1. The van der Waals surface area contributed by atoms with Crippen LogP contribution in [0.15, 0.2) is 72.8 Å². The molecule has 0 spiro atoms. The molecule has 1 atom stereocenters. The summed E-state index contributed by atoms with van der Waals surface area (Å²) in [5.74, 6) is 1.29. The lowest BCUT2D eigenvalue weighted by atomic mass is 9.59. The Hall–Kier alpha value is -2.87. The van der Waals surface area contributed by atoms with Crippen LogP contribution in [0.1, 0.15) is 56.4 Å². The first-order chi connectivity index (χ1) is 13.2. The predicted octanol–water partition coefficient (Wildman–Crippen LogP) is 5.02. The van der Waals surface area contributed by atoms with Gasteiger partial charge in [0.25, 0.3) is 5.91 Å². The second-order valence-corrected chi connectivity index (χ2v) is 7.86. The summed E-state index contributed by atoms with van der Waals surface area (Å²) in [4.78, 5) is 12.6. The summed E-state index contributed by atoms with van der Waals surface area (Å²) in [5, 5.41) is 3.20. The monoisotopic (exact) mass is 353 g/mol. The molecule has 0 aromatic heterocycles. The molecule has 3 aliphatic carbocycles. The molecule has 0 aliphatic heterocycles. The molecule has 0 saturated heterocycles. The van der Waals surface area contributed by atoms with Crippen LogP contribution >= 0.6 is 0 Å². The van der Waals surface area contributed by atoms with Gasteiger partial charge in [-0.3, -0.25) is 4.79 Å². The second kappa shape index (κ2) is 6.38. The molecule has 3 aromatic carbocycles. The zero-order chi connectivity index (χ0) is 18.4. The number of aryl methyl sites for hydroxylation is 1. The van der Waals surface area contributed by atoms with Gasteiger partial charge in [0.15, 0.2) is 0 Å². The Morgan fingerprint density at radius 1 is 0.852 bits per heavy atom. The lowest BCUT2D eigenvalue weighted by Crippen LogP contribution is -2.39. The van der Waals surface area contributed by atoms with Crippen LogP contribution in [0, 0.1) is 12.8 Å². The van der Waals surface area contributed by atoms with Crippen molar-refractivity contribution in [1.82, 2.24) is 5.32 Å². The minimum atomic E-state index is 0.0259. The van der Waals surface area contributed by atoms with Crippen LogP contribution in [-0.4, -0.2) is 12.5 Å². The number of amides is 1. The molecule has 1 N–H and O–H groups in total. The van der Waals surface area contributed by atoms with Crippen molar-refractivity contribution in [3.05, 3.63) is 106 Å². The van der Waals surface area contributed by atoms with E-state index < -0.39 is 0 Å². The number of hydrogen-bond acceptors (Lipinski definition) is 1. The Morgan fingerprint density at radius 2 is 1.41 bits per heavy atom. The molecule has 0 saturated carbocycles. The third-order valence-electron chi connectivity index (χ3n) is 6.26. The van der Waals surface area contributed by atoms with Crippen LogP contribution in [0.25, 0.3) is 0 Å². The average molecular weight is 353 g/mol. The van der Waals surface area contributed by atoms with Gasteiger partial charge in [-0.05, 0) is 53.6 Å². The Balaban J connectivity index is 1.42. The maximum atomic E-state index is 12.6. The third-order valence-corrected chi connectivity index (χ3v) is 6.26. The van der Waals surface area contributed by atoms with Crippen LogP contribution in [0.5, 0.6) is 0 Å². The quantitative estimate of drug-likeness (QED) is 0.704. The van der Waals surface area contributed by atoms with Gasteiger partial charge in [0.1, 0.15) is 0 Å². The van der Waals surface area contributed by atoms with Gasteiger partial charge >= 0.3 is 0 Å². The highest BCUT2D eigenvalue weighted by atomic mass is 16.1. The fraction of sp³-hybridized carbons (Fsp3) is 0.240. The van der Waals surface area contributed by atoms with Crippen molar-refractivity contribution in [2.45, 2.75) is 25.2 Å². The molecule has 0 radical (unpaired) electrons. The molecular weight excluding hydrogens is 330 g/mol. The summed E-state index contributed by atoms with van der Waals surface area (Å²) >= 11 is 0. The van der Waals surface area contributed by atoms with Crippen LogP contribution in [0.3, 0.4) is 0 Å². The molecule has 0 unspecified atom stereocenters. The van der Waals surface area contributed by atoms with E-state index in [9.17, 15) is 4.79 Å². The van der Waals surface area contributed by atoms with Crippen LogP contribution < -0.4 is 5.32 Å². The Morgan fingerprint density at radius 3 is 2.00 bits per heavy atom. The maximum Gasteiger partial charge on any atom is 0.251 e. The lowest BCUT2D eigenvalue weighted by molar-refractivity contribution is 0.0943. The highest BCUT2D eigenvalue weighted by molar-refractivity contribution is 5.94. The fourth-order valence-corrected chi connectivity index (χ4v) is 4.99. The molecule has 3 aromatic rings. The van der Waals surface area contributed by atoms with E-state index in [1.807, 2.05) is 31.2 Å². The number of rotatable bonds is 3. The van der Waals surface area contributed by atoms with Crippen molar-refractivity contribution >= 4 is 5.91 Å². The first-order valence-corrected chi connectivity index (χ1v) is 9.75. The third kappa shape index (κ3) is 2.68. The summed E-state index contributed by atoms with van der Waals surface area (Å²) in [5.41, 5.74) is 7.75. The van der Waals surface area contributed by atoms with Crippen molar-refractivity contribution in [3.63, 3.8) is 0 Å². The molecule has 2 nitrogen and oxygen atoms in total. The van der Waals surface area contributed by atoms with Gasteiger partial charge in [-0.25, -0.2) is 0 Å². The van der Waals surface area contributed by atoms with Gasteiger partial charge < -0.3 is 5.32 Å². The smallest absolute Gasteiger partial charge is 0.251 e. The van der Waals surface area contributed by atoms with E-state index in [-0.39, 0.29) is 5.91 Å². The second-order valence-electron chi connectivity index (χ2n) is 7.86. The summed E-state index contributed by atoms with van der Waals surface area (Å²) in [6.07, 6.45) is 1.10. The summed E-state index contributed by atoms with van der Waals surface area (Å²) in [6.45, 7) is 2.76. The standard InChI is InChI=1S/C25H23NO/c1-16-10-12-17(13-11-16)25(27)26-15-18-14-23-19-6-2-4-8-21(19)24(18)22-9-5-3-7-20(22)23/h2-13,18,23-24H,14-15H2,1H3,(H,26,27)/t18-,23?,24?/m1/s1. The summed E-state index contributed by atoms with van der Waals surface area (Å²) < 4.78 is 0. The molecule has 3 aliphatic rings. The highest BCUT2D eigenvalue weighted by Crippen LogP contribution is 2.55. The van der Waals surface area contributed by atoms with Crippen molar-refractivity contribution in [2.75, 3.05) is 6.54 Å². The zero-order valence-corrected chi connectivity index (χ0v) is 15.5. The average Bonchev–Trinajstić information content (AvgIpc) is 2.72. The first kappa shape index (κ1) is 16.3. The topological polar surface area (TPSA) is 29.1 Å². The Kier molecular flexibility index (Phi) is 3.86. The molecule has 134 valence electrons. The summed E-state index contributed by atoms with van der Waals surface area (Å²) in [7, 11) is 0. The van der Waals surface area contributed by atoms with E-state index in [4.69, 9.17) is 0 Å². The number of carbonyl (C=O) groups is 1. The van der Waals surface area contributed by atoms with Crippen LogP contribution in [0.4, 0.5) is 0 Å². The van der Waals surface area contributed by atoms with E-state index in [1.165, 1.54) is 27.8 Å². The SMILES string of the molecule is Cc1ccc(C(=O)NC[C@H]2CC3c4ccccc4C2c2ccccc23)cc1. The Labute approximate surface area is 160 Å². The normalized spacial score (nSPS) is 22.0. The zero-order valence-electron chi connectivity index (χ0n) is 15.5. The van der Waals surface area contributed by atoms with E-state index in [0.29, 0.717) is 17.8 Å². The van der Waals surface area contributed by atoms with Gasteiger partial charge in [0, 0.05) is 23.9 Å². The molecular formula is C25H23NO. The Bertz CT molecular complexity index is 957. The van der Waals surface area contributed by atoms with E-state index in [2.05, 4.69) is 53.8 Å². The van der Waals surface area contributed by atoms with Crippen molar-refractivity contribution < 1.29 is 4.79 Å². The van der Waals surface area contributed by atoms with E-state index in [0.717, 1.165) is 18.5 Å². The summed E-state index contributed by atoms with van der Waals surface area (Å²) in [6, 6.07) is 25.5. The number of fused-ring (bicyclic) bond motifs is 1. The fourth-order valence-electron chi connectivity index (χ4n) is 4.99.